The molecule has 96 valence electrons. The number of nitrogens with zero attached hydrogens (tertiary/aromatic N) is 2. The molecule has 0 atom stereocenters. The SMILES string of the molecule is CC.CN1Cc2c(cc(Cl)cc2-c2cn[nH]c2)N1. The van der Waals surface area contributed by atoms with Crippen LogP contribution in [0.15, 0.2) is 24.5 Å². The van der Waals surface area contributed by atoms with Crippen LogP contribution in [0, 0.1) is 0 Å². The normalized spacial score (nSPS) is 13.6. The fourth-order valence-electron chi connectivity index (χ4n) is 2.04. The lowest BCUT2D eigenvalue weighted by molar-refractivity contribution is 0.423. The number of H-pyrrole nitrogens is 1. The lowest BCUT2D eigenvalue weighted by atomic mass is 10.0. The Bertz CT molecular complexity index is 522. The molecule has 4 nitrogen and oxygen atoms in total. The molecule has 5 heteroatoms. The molecule has 0 spiro atoms. The standard InChI is InChI=1S/C11H11ClN4.C2H6/c1-16-6-10-9(7-4-13-14-5-7)2-8(12)3-11(10)15-16;1-2/h2-5,15H,6H2,1H3,(H,13,14);1-2H3. The Balaban J connectivity index is 0.000000574. The van der Waals surface area contributed by atoms with Crippen LogP contribution in [0.3, 0.4) is 0 Å². The molecule has 1 aromatic heterocycles. The Morgan fingerprint density at radius 1 is 1.33 bits per heavy atom. The molecule has 0 aliphatic carbocycles. The number of anilines is 1. The molecular weight excluding hydrogens is 248 g/mol. The largest absolute Gasteiger partial charge is 0.318 e. The molecule has 0 unspecified atom stereocenters. The van der Waals surface area contributed by atoms with Gasteiger partial charge in [-0.1, -0.05) is 25.4 Å². The molecular formula is C13H17ClN4. The van der Waals surface area contributed by atoms with E-state index in [9.17, 15) is 0 Å². The molecule has 2 heterocycles. The predicted octanol–water partition coefficient (Wildman–Crippen LogP) is 3.53. The van der Waals surface area contributed by atoms with Gasteiger partial charge in [-0.2, -0.15) is 5.10 Å². The van der Waals surface area contributed by atoms with Gasteiger partial charge < -0.3 is 5.43 Å². The molecule has 3 rings (SSSR count). The van der Waals surface area contributed by atoms with E-state index in [0.717, 1.165) is 28.4 Å². The van der Waals surface area contributed by atoms with Gasteiger partial charge in [-0.15, -0.1) is 0 Å². The number of nitrogens with one attached hydrogen (secondary N) is 2. The predicted molar refractivity (Wildman–Crippen MR) is 75.5 cm³/mol. The van der Waals surface area contributed by atoms with E-state index >= 15 is 0 Å². The first kappa shape index (κ1) is 12.9. The van der Waals surface area contributed by atoms with Crippen LogP contribution in [0.5, 0.6) is 0 Å². The van der Waals surface area contributed by atoms with Crippen LogP contribution in [-0.4, -0.2) is 22.3 Å². The minimum Gasteiger partial charge on any atom is -0.318 e. The smallest absolute Gasteiger partial charge is 0.0565 e. The number of halogens is 1. The summed E-state index contributed by atoms with van der Waals surface area (Å²) in [5.41, 5.74) is 7.79. The van der Waals surface area contributed by atoms with Crippen LogP contribution < -0.4 is 5.43 Å². The highest BCUT2D eigenvalue weighted by Crippen LogP contribution is 2.36. The number of rotatable bonds is 1. The number of aromatic amines is 1. The van der Waals surface area contributed by atoms with Crippen molar-refractivity contribution in [3.05, 3.63) is 35.1 Å². The van der Waals surface area contributed by atoms with Crippen LogP contribution in [0.25, 0.3) is 11.1 Å². The van der Waals surface area contributed by atoms with E-state index in [1.807, 2.05) is 50.4 Å². The highest BCUT2D eigenvalue weighted by Gasteiger charge is 2.20. The quantitative estimate of drug-likeness (QED) is 0.828. The maximum atomic E-state index is 6.10. The van der Waals surface area contributed by atoms with Crippen LogP contribution in [0.4, 0.5) is 5.69 Å². The van der Waals surface area contributed by atoms with E-state index in [4.69, 9.17) is 11.6 Å². The molecule has 2 aromatic rings. The first-order chi connectivity index (χ1) is 8.74. The second kappa shape index (κ2) is 5.42. The maximum Gasteiger partial charge on any atom is 0.0565 e. The van der Waals surface area contributed by atoms with Gasteiger partial charge in [-0.3, -0.25) is 5.10 Å². The lowest BCUT2D eigenvalue weighted by Crippen LogP contribution is -2.16. The third-order valence-electron chi connectivity index (χ3n) is 2.73. The Morgan fingerprint density at radius 3 is 2.78 bits per heavy atom. The zero-order valence-corrected chi connectivity index (χ0v) is 11.5. The number of fused-ring (bicyclic) bond motifs is 1. The van der Waals surface area contributed by atoms with Gasteiger partial charge in [0.1, 0.15) is 0 Å². The van der Waals surface area contributed by atoms with E-state index in [1.165, 1.54) is 5.56 Å². The van der Waals surface area contributed by atoms with Crippen LogP contribution in [0.2, 0.25) is 5.02 Å². The molecule has 1 aromatic carbocycles. The van der Waals surface area contributed by atoms with Crippen molar-refractivity contribution in [1.82, 2.24) is 15.2 Å². The van der Waals surface area contributed by atoms with E-state index < -0.39 is 0 Å². The van der Waals surface area contributed by atoms with Crippen LogP contribution in [0.1, 0.15) is 19.4 Å². The molecule has 0 radical (unpaired) electrons. The van der Waals surface area contributed by atoms with Crippen LogP contribution in [-0.2, 0) is 6.54 Å². The molecule has 0 fully saturated rings. The summed E-state index contributed by atoms with van der Waals surface area (Å²) in [4.78, 5) is 0. The summed E-state index contributed by atoms with van der Waals surface area (Å²) in [6.45, 7) is 4.87. The average molecular weight is 265 g/mol. The molecule has 0 saturated carbocycles. The zero-order chi connectivity index (χ0) is 13.1. The molecule has 0 amide bonds. The summed E-state index contributed by atoms with van der Waals surface area (Å²) in [6.07, 6.45) is 3.69. The van der Waals surface area contributed by atoms with Gasteiger partial charge in [0.05, 0.1) is 11.9 Å². The van der Waals surface area contributed by atoms with Gasteiger partial charge in [0.15, 0.2) is 0 Å². The number of aromatic nitrogens is 2. The van der Waals surface area contributed by atoms with E-state index in [0.29, 0.717) is 0 Å². The number of benzene rings is 1. The highest BCUT2D eigenvalue weighted by atomic mass is 35.5. The van der Waals surface area contributed by atoms with Crippen molar-refractivity contribution in [2.45, 2.75) is 20.4 Å². The first-order valence-electron chi connectivity index (χ1n) is 6.03. The van der Waals surface area contributed by atoms with Gasteiger partial charge in [0.25, 0.3) is 0 Å². The lowest BCUT2D eigenvalue weighted by Gasteiger charge is -2.06. The maximum absolute atomic E-state index is 6.10. The minimum atomic E-state index is 0.734. The van der Waals surface area contributed by atoms with Crippen molar-refractivity contribution in [2.75, 3.05) is 12.5 Å². The minimum absolute atomic E-state index is 0.734. The van der Waals surface area contributed by atoms with Crippen molar-refractivity contribution in [1.29, 1.82) is 0 Å². The summed E-state index contributed by atoms with van der Waals surface area (Å²) in [5, 5.41) is 9.56. The Hall–Kier alpha value is -1.52. The first-order valence-corrected chi connectivity index (χ1v) is 6.41. The van der Waals surface area contributed by atoms with E-state index in [-0.39, 0.29) is 0 Å². The van der Waals surface area contributed by atoms with Gasteiger partial charge >= 0.3 is 0 Å². The third kappa shape index (κ3) is 2.35. The summed E-state index contributed by atoms with van der Waals surface area (Å²) >= 11 is 6.10. The van der Waals surface area contributed by atoms with Crippen LogP contribution >= 0.6 is 11.6 Å². The van der Waals surface area contributed by atoms with Crippen molar-refractivity contribution < 1.29 is 0 Å². The highest BCUT2D eigenvalue weighted by molar-refractivity contribution is 6.31. The monoisotopic (exact) mass is 264 g/mol. The summed E-state index contributed by atoms with van der Waals surface area (Å²) < 4.78 is 0. The number of hydrazine groups is 1. The molecule has 18 heavy (non-hydrogen) atoms. The summed E-state index contributed by atoms with van der Waals surface area (Å²) in [7, 11) is 2.01. The fourth-order valence-corrected chi connectivity index (χ4v) is 2.26. The van der Waals surface area contributed by atoms with Crippen molar-refractivity contribution in [3.8, 4) is 11.1 Å². The molecule has 0 bridgehead atoms. The second-order valence-electron chi connectivity index (χ2n) is 3.93. The number of hydrogen-bond donors (Lipinski definition) is 2. The fraction of sp³-hybridized carbons (Fsp3) is 0.308. The number of hydrogen-bond acceptors (Lipinski definition) is 3. The van der Waals surface area contributed by atoms with Gasteiger partial charge in [0.2, 0.25) is 0 Å². The van der Waals surface area contributed by atoms with Crippen molar-refractivity contribution in [3.63, 3.8) is 0 Å². The Labute approximate surface area is 112 Å². The van der Waals surface area contributed by atoms with Crippen molar-refractivity contribution >= 4 is 17.3 Å². The van der Waals surface area contributed by atoms with E-state index in [2.05, 4.69) is 15.6 Å². The zero-order valence-electron chi connectivity index (χ0n) is 10.8. The third-order valence-corrected chi connectivity index (χ3v) is 2.95. The molecule has 1 aliphatic heterocycles. The Kier molecular flexibility index (Phi) is 3.89. The summed E-state index contributed by atoms with van der Waals surface area (Å²) in [6, 6.07) is 3.93. The van der Waals surface area contributed by atoms with E-state index in [1.54, 1.807) is 0 Å². The second-order valence-corrected chi connectivity index (χ2v) is 4.37. The average Bonchev–Trinajstić information content (AvgIpc) is 2.98. The molecule has 0 saturated heterocycles. The van der Waals surface area contributed by atoms with Gasteiger partial charge in [-0.25, -0.2) is 5.01 Å². The Morgan fingerprint density at radius 2 is 2.11 bits per heavy atom. The van der Waals surface area contributed by atoms with Gasteiger partial charge in [0, 0.05) is 35.9 Å². The molecule has 2 N–H and O–H groups in total. The topological polar surface area (TPSA) is 44.0 Å². The summed E-state index contributed by atoms with van der Waals surface area (Å²) in [5.74, 6) is 0. The molecule has 1 aliphatic rings. The van der Waals surface area contributed by atoms with Gasteiger partial charge in [-0.05, 0) is 17.7 Å². The van der Waals surface area contributed by atoms with Crippen molar-refractivity contribution in [2.24, 2.45) is 0 Å².